The molecule has 0 aromatic carbocycles. The van der Waals surface area contributed by atoms with Crippen molar-refractivity contribution in [3.8, 4) is 6.07 Å². The van der Waals surface area contributed by atoms with Gasteiger partial charge in [0.25, 0.3) is 0 Å². The maximum atomic E-state index is 13.7. The number of carbonyl (C=O) groups is 2. The first kappa shape index (κ1) is 28.6. The number of morpholine rings is 1. The van der Waals surface area contributed by atoms with Crippen molar-refractivity contribution in [3.05, 3.63) is 0 Å². The third kappa shape index (κ3) is 9.18. The predicted octanol–water partition coefficient (Wildman–Crippen LogP) is 2.08. The summed E-state index contributed by atoms with van der Waals surface area (Å²) in [6.45, 7) is 7.94. The van der Waals surface area contributed by atoms with Gasteiger partial charge in [0.05, 0.1) is 25.9 Å². The van der Waals surface area contributed by atoms with E-state index in [0.29, 0.717) is 71.2 Å². The van der Waals surface area contributed by atoms with Gasteiger partial charge in [-0.15, -0.1) is 0 Å². The Morgan fingerprint density at radius 2 is 1.83 bits per heavy atom. The van der Waals surface area contributed by atoms with Gasteiger partial charge >= 0.3 is 6.09 Å². The van der Waals surface area contributed by atoms with E-state index >= 15 is 0 Å². The van der Waals surface area contributed by atoms with Gasteiger partial charge in [0.15, 0.2) is 6.29 Å². The topological polar surface area (TPSA) is 130 Å². The second-order valence-corrected chi connectivity index (χ2v) is 10.8. The number of hydrogen-bond acceptors (Lipinski definition) is 7. The summed E-state index contributed by atoms with van der Waals surface area (Å²) >= 11 is 0. The summed E-state index contributed by atoms with van der Waals surface area (Å²) in [4.78, 5) is 28.3. The van der Waals surface area contributed by atoms with Gasteiger partial charge in [0, 0.05) is 13.1 Å². The first-order valence-corrected chi connectivity index (χ1v) is 13.8. The summed E-state index contributed by atoms with van der Waals surface area (Å²) in [7, 11) is 0. The molecule has 3 N–H and O–H groups in total. The highest BCUT2D eigenvalue weighted by atomic mass is 16.5. The SMILES string of the molecule is CC(C)COC(=O)NC([N]C(CC1CCCCCC1)C(=O)NC1(C#N)CCNCC1)N1CCOCC1. The van der Waals surface area contributed by atoms with Crippen LogP contribution >= 0.6 is 0 Å². The van der Waals surface area contributed by atoms with E-state index in [-0.39, 0.29) is 11.8 Å². The van der Waals surface area contributed by atoms with Crippen LogP contribution in [0.1, 0.15) is 71.6 Å². The van der Waals surface area contributed by atoms with Crippen molar-refractivity contribution >= 4 is 12.0 Å². The molecule has 2 atom stereocenters. The molecule has 0 aromatic heterocycles. The summed E-state index contributed by atoms with van der Waals surface area (Å²) in [6, 6.07) is 1.70. The van der Waals surface area contributed by atoms with Crippen LogP contribution in [-0.4, -0.2) is 80.8 Å². The number of nitriles is 1. The largest absolute Gasteiger partial charge is 0.449 e. The highest BCUT2D eigenvalue weighted by Crippen LogP contribution is 2.27. The lowest BCUT2D eigenvalue weighted by molar-refractivity contribution is -0.126. The van der Waals surface area contributed by atoms with Crippen molar-refractivity contribution in [1.29, 1.82) is 5.26 Å². The fourth-order valence-electron chi connectivity index (χ4n) is 5.19. The first-order chi connectivity index (χ1) is 17.4. The Bertz CT molecular complexity index is 722. The molecule has 203 valence electrons. The molecule has 36 heavy (non-hydrogen) atoms. The smallest absolute Gasteiger partial charge is 0.409 e. The van der Waals surface area contributed by atoms with Gasteiger partial charge in [-0.25, -0.2) is 4.79 Å². The Balaban J connectivity index is 1.76. The van der Waals surface area contributed by atoms with E-state index in [1.165, 1.54) is 25.7 Å². The zero-order chi connectivity index (χ0) is 25.8. The molecule has 10 heteroatoms. The standard InChI is InChI=1S/C26H45N6O4/c1-20(2)18-36-25(34)30-24(32-13-15-35-16-14-32)29-22(17-21-7-5-3-4-6-8-21)23(33)31-26(19-27)9-11-28-12-10-26/h20-22,24,28H,3-18H2,1-2H3,(H,30,34)(H,31,33). The predicted molar refractivity (Wildman–Crippen MR) is 136 cm³/mol. The quantitative estimate of drug-likeness (QED) is 0.388. The summed E-state index contributed by atoms with van der Waals surface area (Å²) in [5.74, 6) is 0.394. The molecule has 0 aromatic rings. The molecule has 2 unspecified atom stereocenters. The Kier molecular flexibility index (Phi) is 11.7. The molecule has 3 aliphatic rings. The van der Waals surface area contributed by atoms with Gasteiger partial charge in [-0.2, -0.15) is 10.6 Å². The van der Waals surface area contributed by atoms with Gasteiger partial charge in [-0.05, 0) is 44.2 Å². The lowest BCUT2D eigenvalue weighted by atomic mass is 9.88. The van der Waals surface area contributed by atoms with Crippen molar-refractivity contribution in [2.45, 2.75) is 89.5 Å². The van der Waals surface area contributed by atoms with E-state index < -0.39 is 24.0 Å². The summed E-state index contributed by atoms with van der Waals surface area (Å²) < 4.78 is 10.9. The van der Waals surface area contributed by atoms with Crippen molar-refractivity contribution < 1.29 is 19.1 Å². The number of rotatable bonds is 10. The number of nitrogens with one attached hydrogen (secondary N) is 3. The molecule has 2 saturated heterocycles. The molecule has 3 fully saturated rings. The monoisotopic (exact) mass is 505 g/mol. The first-order valence-electron chi connectivity index (χ1n) is 13.8. The van der Waals surface area contributed by atoms with Crippen LogP contribution in [0.4, 0.5) is 4.79 Å². The molecule has 0 spiro atoms. The van der Waals surface area contributed by atoms with Crippen LogP contribution in [0.15, 0.2) is 0 Å². The maximum absolute atomic E-state index is 13.7. The normalized spacial score (nSPS) is 23.2. The van der Waals surface area contributed by atoms with Crippen molar-refractivity contribution in [2.75, 3.05) is 46.0 Å². The number of nitrogens with zero attached hydrogens (tertiary/aromatic N) is 3. The minimum absolute atomic E-state index is 0.218. The van der Waals surface area contributed by atoms with E-state index in [0.717, 1.165) is 12.8 Å². The number of hydrogen-bond donors (Lipinski definition) is 3. The third-order valence-corrected chi connectivity index (χ3v) is 7.37. The summed E-state index contributed by atoms with van der Waals surface area (Å²) in [5.41, 5.74) is -0.877. The Labute approximate surface area is 216 Å². The summed E-state index contributed by atoms with van der Waals surface area (Å²) in [6.07, 6.45) is 7.48. The highest BCUT2D eigenvalue weighted by Gasteiger charge is 2.38. The Morgan fingerprint density at radius 1 is 1.17 bits per heavy atom. The zero-order valence-corrected chi connectivity index (χ0v) is 22.1. The minimum atomic E-state index is -0.877. The molecular weight excluding hydrogens is 460 g/mol. The zero-order valence-electron chi connectivity index (χ0n) is 22.1. The number of carbonyl (C=O) groups excluding carboxylic acids is 2. The van der Waals surface area contributed by atoms with Gasteiger partial charge < -0.3 is 20.1 Å². The van der Waals surface area contributed by atoms with Gasteiger partial charge in [-0.3, -0.25) is 15.0 Å². The van der Waals surface area contributed by atoms with E-state index in [9.17, 15) is 14.9 Å². The molecule has 10 nitrogen and oxygen atoms in total. The van der Waals surface area contributed by atoms with Crippen LogP contribution in [0.3, 0.4) is 0 Å². The van der Waals surface area contributed by atoms with Crippen molar-refractivity contribution in [3.63, 3.8) is 0 Å². The fraction of sp³-hybridized carbons (Fsp3) is 0.885. The fourth-order valence-corrected chi connectivity index (χ4v) is 5.19. The van der Waals surface area contributed by atoms with Crippen LogP contribution in [0.2, 0.25) is 0 Å². The second-order valence-electron chi connectivity index (χ2n) is 10.8. The molecule has 2 heterocycles. The maximum Gasteiger partial charge on any atom is 0.409 e. The molecule has 1 saturated carbocycles. The molecule has 3 rings (SSSR count). The van der Waals surface area contributed by atoms with E-state index in [4.69, 9.17) is 14.8 Å². The number of alkyl carbamates (subject to hydrolysis) is 1. The molecule has 0 bridgehead atoms. The average Bonchev–Trinajstić information content (AvgIpc) is 3.16. The molecule has 2 amide bonds. The van der Waals surface area contributed by atoms with E-state index in [1.807, 2.05) is 18.7 Å². The number of ether oxygens (including phenoxy) is 2. The van der Waals surface area contributed by atoms with E-state index in [2.05, 4.69) is 22.0 Å². The van der Waals surface area contributed by atoms with E-state index in [1.54, 1.807) is 0 Å². The third-order valence-electron chi connectivity index (χ3n) is 7.37. The average molecular weight is 506 g/mol. The Morgan fingerprint density at radius 3 is 2.44 bits per heavy atom. The van der Waals surface area contributed by atoms with Crippen LogP contribution in [0, 0.1) is 23.2 Å². The van der Waals surface area contributed by atoms with Crippen LogP contribution < -0.4 is 21.3 Å². The van der Waals surface area contributed by atoms with Crippen LogP contribution in [0.5, 0.6) is 0 Å². The molecule has 2 aliphatic heterocycles. The van der Waals surface area contributed by atoms with Gasteiger partial charge in [-0.1, -0.05) is 52.4 Å². The molecular formula is C26H45N6O4. The second kappa shape index (κ2) is 14.7. The van der Waals surface area contributed by atoms with Crippen LogP contribution in [-0.2, 0) is 14.3 Å². The lowest BCUT2D eigenvalue weighted by Crippen LogP contribution is -2.62. The van der Waals surface area contributed by atoms with Crippen molar-refractivity contribution in [1.82, 2.24) is 26.2 Å². The van der Waals surface area contributed by atoms with Gasteiger partial charge in [0.1, 0.15) is 11.6 Å². The minimum Gasteiger partial charge on any atom is -0.449 e. The number of piperidine rings is 1. The molecule has 1 aliphatic carbocycles. The van der Waals surface area contributed by atoms with Crippen LogP contribution in [0.25, 0.3) is 0 Å². The van der Waals surface area contributed by atoms with Gasteiger partial charge in [0.2, 0.25) is 5.91 Å². The lowest BCUT2D eigenvalue weighted by Gasteiger charge is -2.38. The summed E-state index contributed by atoms with van der Waals surface area (Å²) in [5, 5.41) is 24.1. The Hall–Kier alpha value is -1.93. The highest BCUT2D eigenvalue weighted by molar-refractivity contribution is 5.83. The number of amides is 2. The molecule has 1 radical (unpaired) electrons. The van der Waals surface area contributed by atoms with Crippen molar-refractivity contribution in [2.24, 2.45) is 11.8 Å².